The molecule has 0 aliphatic heterocycles. The van der Waals surface area contributed by atoms with E-state index in [0.29, 0.717) is 0 Å². The van der Waals surface area contributed by atoms with Crippen molar-refractivity contribution in [1.29, 1.82) is 0 Å². The lowest BCUT2D eigenvalue weighted by molar-refractivity contribution is 0.102. The molecule has 3 heteroatoms. The molecule has 0 aliphatic rings. The van der Waals surface area contributed by atoms with Gasteiger partial charge in [0.15, 0.2) is 5.78 Å². The lowest BCUT2D eigenvalue weighted by atomic mass is 9.98. The highest BCUT2D eigenvalue weighted by atomic mass is 32.1. The van der Waals surface area contributed by atoms with Crippen molar-refractivity contribution in [2.75, 3.05) is 0 Å². The third-order valence-electron chi connectivity index (χ3n) is 1.49. The molecule has 0 aliphatic carbocycles. The maximum Gasteiger partial charge on any atom is 0.171 e. The number of carbonyl (C=O) groups is 1. The molecule has 0 atom stereocenters. The smallest absolute Gasteiger partial charge is 0.171 e. The van der Waals surface area contributed by atoms with Gasteiger partial charge in [-0.2, -0.15) is 0 Å². The first kappa shape index (κ1) is 9.39. The summed E-state index contributed by atoms with van der Waals surface area (Å²) in [6.07, 6.45) is 1.66. The summed E-state index contributed by atoms with van der Waals surface area (Å²) in [5, 5.41) is 1.02. The summed E-state index contributed by atoms with van der Waals surface area (Å²) in [7, 11) is 0. The second kappa shape index (κ2) is 2.98. The molecule has 0 saturated heterocycles. The first-order valence-corrected chi connectivity index (χ1v) is 4.70. The first-order chi connectivity index (χ1) is 5.41. The van der Waals surface area contributed by atoms with Gasteiger partial charge >= 0.3 is 0 Å². The van der Waals surface area contributed by atoms with Gasteiger partial charge in [-0.15, -0.1) is 11.3 Å². The van der Waals surface area contributed by atoms with Gasteiger partial charge in [-0.1, -0.05) is 20.8 Å². The number of thiazole rings is 1. The molecule has 1 heterocycles. The standard InChI is InChI=1S/C9H13NOS/c1-6(11)7-5-10-8(12-7)9(2,3)4/h5H,1-4H3. The van der Waals surface area contributed by atoms with Crippen molar-refractivity contribution in [3.8, 4) is 0 Å². The maximum atomic E-state index is 11.0. The lowest BCUT2D eigenvalue weighted by Gasteiger charge is -2.13. The Bertz CT molecular complexity index is 296. The van der Waals surface area contributed by atoms with Gasteiger partial charge in [0.1, 0.15) is 0 Å². The molecule has 1 rings (SSSR count). The number of carbonyl (C=O) groups excluding carboxylic acids is 1. The van der Waals surface area contributed by atoms with Crippen LogP contribution in [0.4, 0.5) is 0 Å². The fourth-order valence-electron chi connectivity index (χ4n) is 0.784. The molecule has 0 unspecified atom stereocenters. The third-order valence-corrected chi connectivity index (χ3v) is 3.02. The Labute approximate surface area is 76.6 Å². The Morgan fingerprint density at radius 3 is 2.33 bits per heavy atom. The van der Waals surface area contributed by atoms with Crippen molar-refractivity contribution in [1.82, 2.24) is 4.98 Å². The monoisotopic (exact) mass is 183 g/mol. The van der Waals surface area contributed by atoms with Crippen LogP contribution < -0.4 is 0 Å². The second-order valence-electron chi connectivity index (χ2n) is 3.84. The van der Waals surface area contributed by atoms with Crippen LogP contribution in [0.5, 0.6) is 0 Å². The average molecular weight is 183 g/mol. The molecule has 0 spiro atoms. The molecule has 0 aromatic carbocycles. The van der Waals surface area contributed by atoms with Crippen LogP contribution >= 0.6 is 11.3 Å². The number of nitrogens with zero attached hydrogens (tertiary/aromatic N) is 1. The van der Waals surface area contributed by atoms with Crippen molar-refractivity contribution in [2.45, 2.75) is 33.1 Å². The zero-order chi connectivity index (χ0) is 9.35. The van der Waals surface area contributed by atoms with E-state index in [4.69, 9.17) is 0 Å². The van der Waals surface area contributed by atoms with Gasteiger partial charge < -0.3 is 0 Å². The molecule has 0 N–H and O–H groups in total. The van der Waals surface area contributed by atoms with E-state index >= 15 is 0 Å². The molecule has 2 nitrogen and oxygen atoms in total. The van der Waals surface area contributed by atoms with E-state index in [-0.39, 0.29) is 11.2 Å². The normalized spacial score (nSPS) is 11.7. The number of ketones is 1. The Balaban J connectivity index is 3.00. The van der Waals surface area contributed by atoms with Gasteiger partial charge in [0.2, 0.25) is 0 Å². The van der Waals surface area contributed by atoms with E-state index in [1.165, 1.54) is 11.3 Å². The summed E-state index contributed by atoms with van der Waals surface area (Å²) < 4.78 is 0. The average Bonchev–Trinajstić information content (AvgIpc) is 2.30. The molecule has 0 amide bonds. The predicted molar refractivity (Wildman–Crippen MR) is 50.8 cm³/mol. The first-order valence-electron chi connectivity index (χ1n) is 3.88. The molecule has 66 valence electrons. The number of hydrogen-bond donors (Lipinski definition) is 0. The zero-order valence-corrected chi connectivity index (χ0v) is 8.66. The van der Waals surface area contributed by atoms with Crippen molar-refractivity contribution >= 4 is 17.1 Å². The van der Waals surface area contributed by atoms with Crippen LogP contribution in [0.3, 0.4) is 0 Å². The maximum absolute atomic E-state index is 11.0. The van der Waals surface area contributed by atoms with Crippen LogP contribution in [0.2, 0.25) is 0 Å². The van der Waals surface area contributed by atoms with E-state index in [2.05, 4.69) is 25.8 Å². The fraction of sp³-hybridized carbons (Fsp3) is 0.556. The van der Waals surface area contributed by atoms with Gasteiger partial charge in [-0.05, 0) is 0 Å². The van der Waals surface area contributed by atoms with Crippen molar-refractivity contribution < 1.29 is 4.79 Å². The van der Waals surface area contributed by atoms with E-state index in [9.17, 15) is 4.79 Å². The summed E-state index contributed by atoms with van der Waals surface area (Å²) in [5.74, 6) is 0.100. The van der Waals surface area contributed by atoms with E-state index in [0.717, 1.165) is 9.88 Å². The lowest BCUT2D eigenvalue weighted by Crippen LogP contribution is -2.09. The third kappa shape index (κ3) is 1.91. The molecule has 0 fully saturated rings. The summed E-state index contributed by atoms with van der Waals surface area (Å²) in [4.78, 5) is 15.9. The van der Waals surface area contributed by atoms with E-state index < -0.39 is 0 Å². The van der Waals surface area contributed by atoms with Crippen molar-refractivity contribution in [3.05, 3.63) is 16.1 Å². The molecular formula is C9H13NOS. The highest BCUT2D eigenvalue weighted by Crippen LogP contribution is 2.26. The number of Topliss-reactive ketones (excluding diaryl/α,β-unsaturated/α-hetero) is 1. The van der Waals surface area contributed by atoms with E-state index in [1.54, 1.807) is 13.1 Å². The van der Waals surface area contributed by atoms with Crippen LogP contribution in [0.25, 0.3) is 0 Å². The van der Waals surface area contributed by atoms with Crippen molar-refractivity contribution in [2.24, 2.45) is 0 Å². The van der Waals surface area contributed by atoms with Gasteiger partial charge in [0.05, 0.1) is 9.88 Å². The summed E-state index contributed by atoms with van der Waals surface area (Å²) in [5.41, 5.74) is 0.0539. The minimum atomic E-state index is 0.0539. The zero-order valence-electron chi connectivity index (χ0n) is 7.84. The van der Waals surface area contributed by atoms with Gasteiger partial charge in [-0.3, -0.25) is 4.79 Å². The SMILES string of the molecule is CC(=O)c1cnc(C(C)(C)C)s1. The van der Waals surface area contributed by atoms with Crippen LogP contribution in [-0.4, -0.2) is 10.8 Å². The number of rotatable bonds is 1. The van der Waals surface area contributed by atoms with Crippen LogP contribution in [-0.2, 0) is 5.41 Å². The largest absolute Gasteiger partial charge is 0.294 e. The Morgan fingerprint density at radius 2 is 2.08 bits per heavy atom. The topological polar surface area (TPSA) is 30.0 Å². The molecule has 0 radical (unpaired) electrons. The number of aromatic nitrogens is 1. The van der Waals surface area contributed by atoms with Crippen LogP contribution in [0.1, 0.15) is 42.4 Å². The Kier molecular flexibility index (Phi) is 2.33. The summed E-state index contributed by atoms with van der Waals surface area (Å²) in [6.45, 7) is 7.85. The number of hydrogen-bond acceptors (Lipinski definition) is 3. The molecule has 1 aromatic heterocycles. The van der Waals surface area contributed by atoms with Gasteiger partial charge in [0, 0.05) is 18.5 Å². The Morgan fingerprint density at radius 1 is 1.50 bits per heavy atom. The molecule has 0 saturated carbocycles. The van der Waals surface area contributed by atoms with Crippen LogP contribution in [0.15, 0.2) is 6.20 Å². The van der Waals surface area contributed by atoms with Crippen molar-refractivity contribution in [3.63, 3.8) is 0 Å². The van der Waals surface area contributed by atoms with Crippen LogP contribution in [0, 0.1) is 0 Å². The van der Waals surface area contributed by atoms with Gasteiger partial charge in [0.25, 0.3) is 0 Å². The fourth-order valence-corrected chi connectivity index (χ4v) is 1.65. The summed E-state index contributed by atoms with van der Waals surface area (Å²) >= 11 is 1.49. The summed E-state index contributed by atoms with van der Waals surface area (Å²) in [6, 6.07) is 0. The van der Waals surface area contributed by atoms with E-state index in [1.807, 2.05) is 0 Å². The molecule has 0 bridgehead atoms. The van der Waals surface area contributed by atoms with Gasteiger partial charge in [-0.25, -0.2) is 4.98 Å². The molecule has 1 aromatic rings. The predicted octanol–water partition coefficient (Wildman–Crippen LogP) is 2.64. The minimum absolute atomic E-state index is 0.0539. The molecular weight excluding hydrogens is 170 g/mol. The Hall–Kier alpha value is -0.700. The minimum Gasteiger partial charge on any atom is -0.294 e. The highest BCUT2D eigenvalue weighted by Gasteiger charge is 2.18. The quantitative estimate of drug-likeness (QED) is 0.626. The highest BCUT2D eigenvalue weighted by molar-refractivity contribution is 7.13. The molecule has 12 heavy (non-hydrogen) atoms. The second-order valence-corrected chi connectivity index (χ2v) is 4.87.